The SMILES string of the molecule is N#CCNC(=O)CNc1cc(Cl)cc(C(F)(F)F)c1. The standard InChI is InChI=1S/C11H9ClF3N3O/c12-8-3-7(11(13,14)15)4-9(5-8)18-6-10(19)17-2-1-16/h3-5,18H,2,6H2,(H,17,19). The lowest BCUT2D eigenvalue weighted by Gasteiger charge is -2.11. The van der Waals surface area contributed by atoms with Crippen molar-refractivity contribution in [2.24, 2.45) is 0 Å². The Hall–Kier alpha value is -1.94. The molecule has 0 radical (unpaired) electrons. The first-order valence-corrected chi connectivity index (χ1v) is 5.46. The maximum Gasteiger partial charge on any atom is 0.416 e. The van der Waals surface area contributed by atoms with Gasteiger partial charge in [-0.25, -0.2) is 0 Å². The van der Waals surface area contributed by atoms with Gasteiger partial charge in [0.1, 0.15) is 6.54 Å². The van der Waals surface area contributed by atoms with Crippen molar-refractivity contribution < 1.29 is 18.0 Å². The number of halogens is 4. The first-order valence-electron chi connectivity index (χ1n) is 5.08. The van der Waals surface area contributed by atoms with Crippen LogP contribution in [0.25, 0.3) is 0 Å². The Morgan fingerprint density at radius 3 is 2.63 bits per heavy atom. The number of rotatable bonds is 4. The number of alkyl halides is 3. The van der Waals surface area contributed by atoms with Crippen LogP contribution in [0.5, 0.6) is 0 Å². The fourth-order valence-electron chi connectivity index (χ4n) is 1.24. The fraction of sp³-hybridized carbons (Fsp3) is 0.273. The molecule has 0 atom stereocenters. The van der Waals surface area contributed by atoms with Crippen molar-refractivity contribution in [3.63, 3.8) is 0 Å². The van der Waals surface area contributed by atoms with Gasteiger partial charge >= 0.3 is 6.18 Å². The van der Waals surface area contributed by atoms with E-state index in [1.165, 1.54) is 6.07 Å². The van der Waals surface area contributed by atoms with Crippen LogP contribution in [0.3, 0.4) is 0 Å². The Kier molecular flexibility index (Phi) is 5.01. The van der Waals surface area contributed by atoms with E-state index >= 15 is 0 Å². The second-order valence-corrected chi connectivity index (χ2v) is 3.95. The lowest BCUT2D eigenvalue weighted by molar-refractivity contribution is -0.137. The van der Waals surface area contributed by atoms with Gasteiger partial charge < -0.3 is 10.6 Å². The summed E-state index contributed by atoms with van der Waals surface area (Å²) in [6.45, 7) is -0.414. The topological polar surface area (TPSA) is 64.9 Å². The number of hydrogen-bond acceptors (Lipinski definition) is 3. The summed E-state index contributed by atoms with van der Waals surface area (Å²) in [7, 11) is 0. The van der Waals surface area contributed by atoms with Crippen LogP contribution in [-0.4, -0.2) is 19.0 Å². The van der Waals surface area contributed by atoms with Crippen LogP contribution in [0.15, 0.2) is 18.2 Å². The molecule has 1 aromatic carbocycles. The second kappa shape index (κ2) is 6.29. The number of carbonyl (C=O) groups is 1. The Bertz CT molecular complexity index is 511. The molecule has 0 fully saturated rings. The lowest BCUT2D eigenvalue weighted by Crippen LogP contribution is -2.30. The summed E-state index contributed by atoms with van der Waals surface area (Å²) < 4.78 is 37.5. The highest BCUT2D eigenvalue weighted by atomic mass is 35.5. The molecule has 19 heavy (non-hydrogen) atoms. The number of benzene rings is 1. The molecule has 0 unspecified atom stereocenters. The monoisotopic (exact) mass is 291 g/mol. The van der Waals surface area contributed by atoms with E-state index in [1.54, 1.807) is 6.07 Å². The van der Waals surface area contributed by atoms with Gasteiger partial charge in [-0.3, -0.25) is 4.79 Å². The summed E-state index contributed by atoms with van der Waals surface area (Å²) in [5.74, 6) is -0.505. The Balaban J connectivity index is 2.72. The first-order chi connectivity index (χ1) is 8.82. The molecule has 0 aliphatic rings. The zero-order chi connectivity index (χ0) is 14.5. The van der Waals surface area contributed by atoms with Gasteiger partial charge in [0.2, 0.25) is 5.91 Å². The van der Waals surface area contributed by atoms with Crippen molar-refractivity contribution >= 4 is 23.2 Å². The highest BCUT2D eigenvalue weighted by Gasteiger charge is 2.31. The summed E-state index contributed by atoms with van der Waals surface area (Å²) in [5, 5.41) is 12.9. The van der Waals surface area contributed by atoms with Gasteiger partial charge in [-0.15, -0.1) is 0 Å². The average molecular weight is 292 g/mol. The van der Waals surface area contributed by atoms with E-state index in [2.05, 4.69) is 10.6 Å². The van der Waals surface area contributed by atoms with E-state index in [9.17, 15) is 18.0 Å². The van der Waals surface area contributed by atoms with Gasteiger partial charge in [0.25, 0.3) is 0 Å². The number of amides is 1. The van der Waals surface area contributed by atoms with E-state index in [4.69, 9.17) is 16.9 Å². The minimum absolute atomic E-state index is 0.0759. The van der Waals surface area contributed by atoms with Crippen molar-refractivity contribution in [1.82, 2.24) is 5.32 Å². The van der Waals surface area contributed by atoms with Crippen molar-refractivity contribution in [1.29, 1.82) is 5.26 Å². The summed E-state index contributed by atoms with van der Waals surface area (Å²) >= 11 is 5.57. The van der Waals surface area contributed by atoms with Crippen molar-refractivity contribution in [2.75, 3.05) is 18.4 Å². The van der Waals surface area contributed by atoms with E-state index in [0.717, 1.165) is 12.1 Å². The Labute approximate surface area is 112 Å². The molecular formula is C11H9ClF3N3O. The van der Waals surface area contributed by atoms with Crippen molar-refractivity contribution in [3.8, 4) is 6.07 Å². The van der Waals surface area contributed by atoms with Gasteiger partial charge in [0, 0.05) is 10.7 Å². The van der Waals surface area contributed by atoms with Gasteiger partial charge in [0.05, 0.1) is 18.2 Å². The number of anilines is 1. The van der Waals surface area contributed by atoms with E-state index < -0.39 is 17.6 Å². The predicted molar refractivity (Wildman–Crippen MR) is 63.6 cm³/mol. The largest absolute Gasteiger partial charge is 0.416 e. The number of carbonyl (C=O) groups excluding carboxylic acids is 1. The Morgan fingerprint density at radius 2 is 2.05 bits per heavy atom. The summed E-state index contributed by atoms with van der Waals surface area (Å²) in [5.41, 5.74) is -0.827. The molecule has 4 nitrogen and oxygen atoms in total. The van der Waals surface area contributed by atoms with E-state index in [0.29, 0.717) is 0 Å². The normalized spacial score (nSPS) is 10.7. The highest BCUT2D eigenvalue weighted by molar-refractivity contribution is 6.30. The van der Waals surface area contributed by atoms with Crippen LogP contribution in [0.1, 0.15) is 5.56 Å². The molecule has 0 aromatic heterocycles. The molecule has 0 aliphatic carbocycles. The molecule has 0 spiro atoms. The van der Waals surface area contributed by atoms with E-state index in [-0.39, 0.29) is 23.8 Å². The zero-order valence-corrected chi connectivity index (χ0v) is 10.3. The van der Waals surface area contributed by atoms with E-state index in [1.807, 2.05) is 0 Å². The number of hydrogen-bond donors (Lipinski definition) is 2. The van der Waals surface area contributed by atoms with Gasteiger partial charge in [-0.2, -0.15) is 18.4 Å². The van der Waals surface area contributed by atoms with Crippen molar-refractivity contribution in [2.45, 2.75) is 6.18 Å². The molecule has 102 valence electrons. The lowest BCUT2D eigenvalue weighted by atomic mass is 10.2. The number of nitriles is 1. The molecule has 1 aromatic rings. The third-order valence-electron chi connectivity index (χ3n) is 2.04. The minimum Gasteiger partial charge on any atom is -0.376 e. The summed E-state index contributed by atoms with van der Waals surface area (Å²) in [6, 6.07) is 4.62. The fourth-order valence-corrected chi connectivity index (χ4v) is 1.47. The number of nitrogens with zero attached hydrogens (tertiary/aromatic N) is 1. The molecule has 2 N–H and O–H groups in total. The van der Waals surface area contributed by atoms with Gasteiger partial charge in [-0.05, 0) is 18.2 Å². The highest BCUT2D eigenvalue weighted by Crippen LogP contribution is 2.33. The van der Waals surface area contributed by atoms with Crippen molar-refractivity contribution in [3.05, 3.63) is 28.8 Å². The smallest absolute Gasteiger partial charge is 0.376 e. The Morgan fingerprint density at radius 1 is 1.37 bits per heavy atom. The first kappa shape index (κ1) is 15.1. The minimum atomic E-state index is -4.51. The zero-order valence-electron chi connectivity index (χ0n) is 9.51. The van der Waals surface area contributed by atoms with Crippen LogP contribution in [-0.2, 0) is 11.0 Å². The molecule has 1 amide bonds. The summed E-state index contributed by atoms with van der Waals surface area (Å²) in [4.78, 5) is 11.2. The molecular weight excluding hydrogens is 283 g/mol. The third-order valence-corrected chi connectivity index (χ3v) is 2.26. The molecule has 0 aliphatic heterocycles. The molecule has 0 heterocycles. The van der Waals surface area contributed by atoms with Crippen LogP contribution >= 0.6 is 11.6 Å². The van der Waals surface area contributed by atoms with Crippen LogP contribution < -0.4 is 10.6 Å². The molecule has 0 saturated heterocycles. The quantitative estimate of drug-likeness (QED) is 0.837. The third kappa shape index (κ3) is 5.06. The van der Waals surface area contributed by atoms with Crippen LogP contribution in [0, 0.1) is 11.3 Å². The molecule has 0 bridgehead atoms. The molecule has 1 rings (SSSR count). The van der Waals surface area contributed by atoms with Gasteiger partial charge in [0.15, 0.2) is 0 Å². The molecule has 8 heteroatoms. The number of nitrogens with one attached hydrogen (secondary N) is 2. The van der Waals surface area contributed by atoms with Gasteiger partial charge in [-0.1, -0.05) is 11.6 Å². The predicted octanol–water partition coefficient (Wildman–Crippen LogP) is 2.41. The van der Waals surface area contributed by atoms with Crippen LogP contribution in [0.2, 0.25) is 5.02 Å². The maximum atomic E-state index is 12.5. The molecule has 0 saturated carbocycles. The maximum absolute atomic E-state index is 12.5. The second-order valence-electron chi connectivity index (χ2n) is 3.51. The van der Waals surface area contributed by atoms with Crippen LogP contribution in [0.4, 0.5) is 18.9 Å². The summed E-state index contributed by atoms with van der Waals surface area (Å²) in [6.07, 6.45) is -4.51. The average Bonchev–Trinajstić information content (AvgIpc) is 2.32.